The van der Waals surface area contributed by atoms with Gasteiger partial charge in [-0.25, -0.2) is 4.79 Å². The molecule has 2 N–H and O–H groups in total. The Kier molecular flexibility index (Phi) is 7.32. The van der Waals surface area contributed by atoms with E-state index in [0.29, 0.717) is 48.6 Å². The zero-order valence-corrected chi connectivity index (χ0v) is 20.2. The quantitative estimate of drug-likeness (QED) is 0.266. The molecule has 2 aromatic heterocycles. The van der Waals surface area contributed by atoms with Crippen molar-refractivity contribution in [1.29, 1.82) is 0 Å². The first-order valence-electron chi connectivity index (χ1n) is 11.6. The molecule has 0 aliphatic carbocycles. The average molecular weight is 483 g/mol. The number of likely N-dealkylation sites (tertiary alicyclic amines) is 1. The Morgan fingerprint density at radius 3 is 2.66 bits per heavy atom. The van der Waals surface area contributed by atoms with E-state index in [0.717, 1.165) is 19.6 Å². The van der Waals surface area contributed by atoms with Gasteiger partial charge in [0.15, 0.2) is 0 Å². The number of methoxy groups -OCH3 is 1. The number of pyridine rings is 1. The van der Waals surface area contributed by atoms with E-state index in [-0.39, 0.29) is 17.0 Å². The lowest BCUT2D eigenvalue weighted by atomic mass is 9.95. The van der Waals surface area contributed by atoms with E-state index in [1.165, 1.54) is 12.0 Å². The molecular weight excluding hydrogens is 452 g/mol. The summed E-state index contributed by atoms with van der Waals surface area (Å²) in [6.45, 7) is 7.49. The maximum atomic E-state index is 13.2. The van der Waals surface area contributed by atoms with Crippen molar-refractivity contribution in [3.05, 3.63) is 58.2 Å². The first-order chi connectivity index (χ1) is 16.8. The van der Waals surface area contributed by atoms with Crippen LogP contribution in [0.1, 0.15) is 45.3 Å². The molecule has 0 aromatic carbocycles. The number of nitrogens with zero attached hydrogens (tertiary/aromatic N) is 3. The molecule has 1 amide bonds. The molecule has 10 heteroatoms. The van der Waals surface area contributed by atoms with Gasteiger partial charge in [0.05, 0.1) is 31.9 Å². The van der Waals surface area contributed by atoms with Crippen molar-refractivity contribution in [3.8, 4) is 0 Å². The summed E-state index contributed by atoms with van der Waals surface area (Å²) in [5.41, 5.74) is 2.03. The van der Waals surface area contributed by atoms with Crippen LogP contribution < -0.4 is 0 Å². The van der Waals surface area contributed by atoms with E-state index in [4.69, 9.17) is 9.47 Å². The Balaban J connectivity index is 1.72. The van der Waals surface area contributed by atoms with Gasteiger partial charge in [0.1, 0.15) is 11.5 Å². The molecule has 0 saturated carbocycles. The molecule has 4 heterocycles. The van der Waals surface area contributed by atoms with E-state index >= 15 is 0 Å². The maximum Gasteiger partial charge on any atom is 0.354 e. The van der Waals surface area contributed by atoms with Crippen LogP contribution >= 0.6 is 0 Å². The number of rotatable bonds is 7. The van der Waals surface area contributed by atoms with Crippen molar-refractivity contribution in [2.75, 3.05) is 46.5 Å². The molecule has 4 rings (SSSR count). The van der Waals surface area contributed by atoms with Crippen LogP contribution in [-0.4, -0.2) is 89.0 Å². The average Bonchev–Trinajstić information content (AvgIpc) is 3.31. The molecule has 0 unspecified atom stereocenters. The van der Waals surface area contributed by atoms with Crippen LogP contribution in [0, 0.1) is 13.8 Å². The number of aryl methyl sites for hydroxylation is 1. The van der Waals surface area contributed by atoms with E-state index in [2.05, 4.69) is 14.9 Å². The first-order valence-corrected chi connectivity index (χ1v) is 11.6. The lowest BCUT2D eigenvalue weighted by molar-refractivity contribution is -0.140. The number of amides is 1. The number of aromatic amines is 1. The van der Waals surface area contributed by atoms with Crippen molar-refractivity contribution < 1.29 is 29.0 Å². The molecule has 10 nitrogen and oxygen atoms in total. The number of aliphatic hydroxyl groups is 1. The molecule has 0 radical (unpaired) electrons. The third-order valence-electron chi connectivity index (χ3n) is 6.58. The van der Waals surface area contributed by atoms with Crippen LogP contribution in [0.5, 0.6) is 0 Å². The zero-order chi connectivity index (χ0) is 25.1. The summed E-state index contributed by atoms with van der Waals surface area (Å²) in [5, 5.41) is 11.4. The minimum absolute atomic E-state index is 0.0176. The topological polar surface area (TPSA) is 125 Å². The molecule has 1 atom stereocenters. The number of aliphatic hydroxyl groups excluding tert-OH is 1. The molecule has 2 saturated heterocycles. The van der Waals surface area contributed by atoms with Crippen LogP contribution in [0.2, 0.25) is 0 Å². The SMILES string of the molecule is COC(=O)c1[nH]c(C)c(/C(O)=C2\C(=O)C(=O)N(CCCN3CCOCC3)[C@H]2c2cccnc2)c1C. The highest BCUT2D eigenvalue weighted by Crippen LogP contribution is 2.40. The van der Waals surface area contributed by atoms with Crippen LogP contribution in [0.4, 0.5) is 0 Å². The summed E-state index contributed by atoms with van der Waals surface area (Å²) >= 11 is 0. The van der Waals surface area contributed by atoms with Gasteiger partial charge < -0.3 is 24.5 Å². The van der Waals surface area contributed by atoms with Gasteiger partial charge in [-0.05, 0) is 37.5 Å². The molecule has 2 aliphatic rings. The number of esters is 1. The summed E-state index contributed by atoms with van der Waals surface area (Å²) in [4.78, 5) is 49.4. The van der Waals surface area contributed by atoms with Gasteiger partial charge in [0, 0.05) is 49.8 Å². The smallest absolute Gasteiger partial charge is 0.354 e. The number of aromatic nitrogens is 2. The van der Waals surface area contributed by atoms with E-state index < -0.39 is 23.7 Å². The number of ketones is 1. The number of carbonyl (C=O) groups excluding carboxylic acids is 3. The van der Waals surface area contributed by atoms with E-state index in [1.54, 1.807) is 38.4 Å². The van der Waals surface area contributed by atoms with Gasteiger partial charge >= 0.3 is 5.97 Å². The van der Waals surface area contributed by atoms with Gasteiger partial charge in [-0.1, -0.05) is 6.07 Å². The lowest BCUT2D eigenvalue weighted by Gasteiger charge is -2.29. The molecule has 2 fully saturated rings. The summed E-state index contributed by atoms with van der Waals surface area (Å²) in [6.07, 6.45) is 3.87. The Labute approximate surface area is 203 Å². The highest BCUT2D eigenvalue weighted by Gasteiger charge is 2.46. The van der Waals surface area contributed by atoms with Crippen LogP contribution in [0.3, 0.4) is 0 Å². The third-order valence-corrected chi connectivity index (χ3v) is 6.58. The van der Waals surface area contributed by atoms with Crippen LogP contribution in [0.15, 0.2) is 30.1 Å². The second kappa shape index (κ2) is 10.4. The fourth-order valence-corrected chi connectivity index (χ4v) is 4.83. The molecular formula is C25H30N4O6. The van der Waals surface area contributed by atoms with Gasteiger partial charge in [-0.2, -0.15) is 0 Å². The van der Waals surface area contributed by atoms with Crippen molar-refractivity contribution >= 4 is 23.4 Å². The molecule has 2 aliphatic heterocycles. The van der Waals surface area contributed by atoms with E-state index in [9.17, 15) is 19.5 Å². The van der Waals surface area contributed by atoms with Crippen LogP contribution in [-0.2, 0) is 19.1 Å². The molecule has 2 aromatic rings. The van der Waals surface area contributed by atoms with Gasteiger partial charge in [-0.15, -0.1) is 0 Å². The zero-order valence-electron chi connectivity index (χ0n) is 20.2. The van der Waals surface area contributed by atoms with Crippen molar-refractivity contribution in [1.82, 2.24) is 19.8 Å². The van der Waals surface area contributed by atoms with E-state index in [1.807, 2.05) is 0 Å². The van der Waals surface area contributed by atoms with Crippen molar-refractivity contribution in [2.45, 2.75) is 26.3 Å². The predicted molar refractivity (Wildman–Crippen MR) is 127 cm³/mol. The Morgan fingerprint density at radius 2 is 2.00 bits per heavy atom. The van der Waals surface area contributed by atoms with Gasteiger partial charge in [0.2, 0.25) is 0 Å². The fraction of sp³-hybridized carbons (Fsp3) is 0.440. The highest BCUT2D eigenvalue weighted by molar-refractivity contribution is 6.46. The number of ether oxygens (including phenoxy) is 2. The second-order valence-electron chi connectivity index (χ2n) is 8.70. The Hall–Kier alpha value is -3.50. The third kappa shape index (κ3) is 4.71. The standard InChI is InChI=1S/C25H30N4O6/c1-15-18(16(2)27-20(15)25(33)34-3)22(30)19-21(17-6-4-7-26-14-17)29(24(32)23(19)31)9-5-8-28-10-12-35-13-11-28/h4,6-7,14,21,27,30H,5,8-13H2,1-3H3/b22-19+/t21-/m0/s1. The molecule has 0 spiro atoms. The number of morpholine rings is 1. The van der Waals surface area contributed by atoms with Crippen molar-refractivity contribution in [3.63, 3.8) is 0 Å². The number of Topliss-reactive ketones (excluding diaryl/α,β-unsaturated/α-hetero) is 1. The Morgan fingerprint density at radius 1 is 1.26 bits per heavy atom. The molecule has 186 valence electrons. The number of nitrogens with one attached hydrogen (secondary N) is 1. The van der Waals surface area contributed by atoms with Gasteiger partial charge in [-0.3, -0.25) is 19.5 Å². The summed E-state index contributed by atoms with van der Waals surface area (Å²) in [5.74, 6) is -2.34. The normalized spacial score (nSPS) is 20.4. The predicted octanol–water partition coefficient (Wildman–Crippen LogP) is 1.96. The minimum Gasteiger partial charge on any atom is -0.507 e. The number of carbonyl (C=O) groups is 3. The number of hydrogen-bond acceptors (Lipinski definition) is 8. The first kappa shape index (κ1) is 24.6. The van der Waals surface area contributed by atoms with Crippen molar-refractivity contribution in [2.24, 2.45) is 0 Å². The largest absolute Gasteiger partial charge is 0.507 e. The number of hydrogen-bond donors (Lipinski definition) is 2. The lowest BCUT2D eigenvalue weighted by Crippen LogP contribution is -2.39. The molecule has 35 heavy (non-hydrogen) atoms. The second-order valence-corrected chi connectivity index (χ2v) is 8.70. The Bertz CT molecular complexity index is 1150. The minimum atomic E-state index is -0.788. The molecule has 0 bridgehead atoms. The summed E-state index contributed by atoms with van der Waals surface area (Å²) < 4.78 is 10.2. The van der Waals surface area contributed by atoms with Crippen LogP contribution in [0.25, 0.3) is 5.76 Å². The summed E-state index contributed by atoms with van der Waals surface area (Å²) in [6, 6.07) is 2.72. The monoisotopic (exact) mass is 482 g/mol. The maximum absolute atomic E-state index is 13.2. The van der Waals surface area contributed by atoms with Gasteiger partial charge in [0.25, 0.3) is 11.7 Å². The fourth-order valence-electron chi connectivity index (χ4n) is 4.83. The number of H-pyrrole nitrogens is 1. The highest BCUT2D eigenvalue weighted by atomic mass is 16.5. The summed E-state index contributed by atoms with van der Waals surface area (Å²) in [7, 11) is 1.27.